The number of hydrogen-bond acceptors (Lipinski definition) is 8. The van der Waals surface area contributed by atoms with Crippen molar-refractivity contribution >= 4 is 11.6 Å². The van der Waals surface area contributed by atoms with E-state index >= 15 is 0 Å². The van der Waals surface area contributed by atoms with Crippen LogP contribution in [0.25, 0.3) is 0 Å². The average Bonchev–Trinajstić information content (AvgIpc) is 2.71. The predicted octanol–water partition coefficient (Wildman–Crippen LogP) is -1.79. The van der Waals surface area contributed by atoms with Crippen molar-refractivity contribution in [1.29, 1.82) is 0 Å². The smallest absolute Gasteiger partial charge is 0.352 e. The van der Waals surface area contributed by atoms with Gasteiger partial charge in [0.25, 0.3) is 0 Å². The Morgan fingerprint density at radius 2 is 2.09 bits per heavy atom. The molecular weight excluding hydrogens is 306 g/mol. The van der Waals surface area contributed by atoms with Crippen LogP contribution in [0.15, 0.2) is 17.1 Å². The van der Waals surface area contributed by atoms with Crippen molar-refractivity contribution in [3.8, 4) is 0 Å². The molecule has 0 spiro atoms. The molecule has 0 aromatic carbocycles. The molecule has 0 unspecified atom stereocenters. The third-order valence-corrected chi connectivity index (χ3v) is 3.81. The quantitative estimate of drug-likeness (QED) is 0.508. The zero-order valence-corrected chi connectivity index (χ0v) is 13.1. The fourth-order valence-electron chi connectivity index (χ4n) is 2.65. The zero-order valence-electron chi connectivity index (χ0n) is 13.1. The summed E-state index contributed by atoms with van der Waals surface area (Å²) in [5.41, 5.74) is 1.34. The predicted molar refractivity (Wildman–Crippen MR) is 79.3 cm³/mol. The monoisotopic (exact) mass is 327 g/mol. The molecule has 1 saturated heterocycles. The van der Waals surface area contributed by atoms with E-state index in [4.69, 9.17) is 10.5 Å². The Bertz CT molecular complexity index is 667. The van der Waals surface area contributed by atoms with Gasteiger partial charge in [-0.25, -0.2) is 4.79 Å². The van der Waals surface area contributed by atoms with Crippen LogP contribution >= 0.6 is 0 Å². The minimum absolute atomic E-state index is 0.0589. The second-order valence-corrected chi connectivity index (χ2v) is 6.55. The van der Waals surface area contributed by atoms with Crippen molar-refractivity contribution in [1.82, 2.24) is 9.55 Å². The molecule has 0 bridgehead atoms. The summed E-state index contributed by atoms with van der Waals surface area (Å²) in [4.78, 5) is 28.7. The Kier molecular flexibility index (Phi) is 4.33. The number of rotatable bonds is 3. The van der Waals surface area contributed by atoms with Gasteiger partial charge in [0.05, 0.1) is 6.61 Å². The molecule has 2 heterocycles. The van der Waals surface area contributed by atoms with Gasteiger partial charge in [-0.2, -0.15) is 4.98 Å². The van der Waals surface area contributed by atoms with Gasteiger partial charge in [-0.3, -0.25) is 9.36 Å². The molecule has 9 nitrogen and oxygen atoms in total. The van der Waals surface area contributed by atoms with Crippen molar-refractivity contribution < 1.29 is 24.9 Å². The largest absolute Gasteiger partial charge is 0.394 e. The first-order chi connectivity index (χ1) is 10.6. The summed E-state index contributed by atoms with van der Waals surface area (Å²) >= 11 is 0. The standard InChI is InChI=1S/C14H21N3O6/c1-13(2,3)11(21)14(10(20)9(19)7(6-18)23-14)17-5-4-8(15)16-12(17)22/h4-5,7,9-10,18-20H,6H2,1-3H3,(H2,15,16,22)/t7-,9-,10-,14+/m1/s1. The number of ketones is 1. The lowest BCUT2D eigenvalue weighted by Crippen LogP contribution is -2.59. The van der Waals surface area contributed by atoms with E-state index < -0.39 is 47.5 Å². The van der Waals surface area contributed by atoms with Gasteiger partial charge in [0.1, 0.15) is 24.1 Å². The van der Waals surface area contributed by atoms with Gasteiger partial charge in [-0.1, -0.05) is 20.8 Å². The minimum atomic E-state index is -2.19. The van der Waals surface area contributed by atoms with Gasteiger partial charge in [0.15, 0.2) is 5.78 Å². The number of nitrogen functional groups attached to an aromatic ring is 1. The summed E-state index contributed by atoms with van der Waals surface area (Å²) in [5, 5.41) is 29.8. The van der Waals surface area contributed by atoms with Crippen LogP contribution in [-0.4, -0.2) is 55.6 Å². The van der Waals surface area contributed by atoms with Crippen LogP contribution in [-0.2, 0) is 15.3 Å². The molecule has 1 fully saturated rings. The molecule has 9 heteroatoms. The summed E-state index contributed by atoms with van der Waals surface area (Å²) in [6, 6.07) is 1.27. The second kappa shape index (κ2) is 5.68. The van der Waals surface area contributed by atoms with E-state index in [0.717, 1.165) is 4.57 Å². The fourth-order valence-corrected chi connectivity index (χ4v) is 2.65. The summed E-state index contributed by atoms with van der Waals surface area (Å²) in [6.45, 7) is 4.12. The van der Waals surface area contributed by atoms with Crippen LogP contribution in [0, 0.1) is 5.41 Å². The normalized spacial score (nSPS) is 31.3. The van der Waals surface area contributed by atoms with Gasteiger partial charge >= 0.3 is 5.69 Å². The number of carbonyl (C=O) groups excluding carboxylic acids is 1. The highest BCUT2D eigenvalue weighted by molar-refractivity contribution is 5.90. The van der Waals surface area contributed by atoms with Crippen LogP contribution in [0.4, 0.5) is 5.82 Å². The van der Waals surface area contributed by atoms with Crippen molar-refractivity contribution in [2.24, 2.45) is 5.41 Å². The van der Waals surface area contributed by atoms with E-state index in [2.05, 4.69) is 4.98 Å². The lowest BCUT2D eigenvalue weighted by molar-refractivity contribution is -0.184. The van der Waals surface area contributed by atoms with Crippen LogP contribution in [0.5, 0.6) is 0 Å². The number of carbonyl (C=O) groups is 1. The molecule has 5 N–H and O–H groups in total. The van der Waals surface area contributed by atoms with E-state index in [0.29, 0.717) is 0 Å². The van der Waals surface area contributed by atoms with Crippen molar-refractivity contribution in [3.05, 3.63) is 22.7 Å². The number of hydrogen-bond donors (Lipinski definition) is 4. The first-order valence-electron chi connectivity index (χ1n) is 7.11. The number of ether oxygens (including phenoxy) is 1. The first kappa shape index (κ1) is 17.5. The fraction of sp³-hybridized carbons (Fsp3) is 0.643. The van der Waals surface area contributed by atoms with Gasteiger partial charge in [0.2, 0.25) is 5.72 Å². The van der Waals surface area contributed by atoms with Crippen LogP contribution in [0.3, 0.4) is 0 Å². The lowest BCUT2D eigenvalue weighted by atomic mass is 9.81. The highest BCUT2D eigenvalue weighted by Crippen LogP contribution is 2.40. The minimum Gasteiger partial charge on any atom is -0.394 e. The van der Waals surface area contributed by atoms with Gasteiger partial charge in [0, 0.05) is 11.6 Å². The molecule has 1 aliphatic heterocycles. The zero-order chi connectivity index (χ0) is 17.6. The summed E-state index contributed by atoms with van der Waals surface area (Å²) in [6.07, 6.45) is -3.35. The summed E-state index contributed by atoms with van der Waals surface area (Å²) in [5.74, 6) is -0.697. The lowest BCUT2D eigenvalue weighted by Gasteiger charge is -2.36. The molecule has 0 amide bonds. The molecule has 1 aromatic rings. The number of aromatic nitrogens is 2. The molecular formula is C14H21N3O6. The summed E-state index contributed by atoms with van der Waals surface area (Å²) < 4.78 is 6.31. The molecule has 0 radical (unpaired) electrons. The molecule has 23 heavy (non-hydrogen) atoms. The number of Topliss-reactive ketones (excluding diaryl/α,β-unsaturated/α-hetero) is 1. The van der Waals surface area contributed by atoms with E-state index in [1.165, 1.54) is 12.3 Å². The third kappa shape index (κ3) is 2.65. The van der Waals surface area contributed by atoms with E-state index in [1.54, 1.807) is 20.8 Å². The number of aliphatic hydroxyl groups excluding tert-OH is 3. The van der Waals surface area contributed by atoms with Crippen molar-refractivity contribution in [3.63, 3.8) is 0 Å². The van der Waals surface area contributed by atoms with E-state index in [9.17, 15) is 24.9 Å². The number of anilines is 1. The molecule has 4 atom stereocenters. The Hall–Kier alpha value is -1.81. The maximum absolute atomic E-state index is 12.9. The number of aliphatic hydroxyl groups is 3. The SMILES string of the molecule is CC(C)(C)C(=O)[C@@]1(n2ccc(N)nc2=O)O[C@H](CO)[C@@H](O)[C@H]1O. The van der Waals surface area contributed by atoms with Crippen LogP contribution in [0.1, 0.15) is 20.8 Å². The number of nitrogens with two attached hydrogens (primary N) is 1. The maximum Gasteiger partial charge on any atom is 0.352 e. The Labute approximate surface area is 132 Å². The summed E-state index contributed by atoms with van der Waals surface area (Å²) in [7, 11) is 0. The molecule has 2 rings (SSSR count). The Morgan fingerprint density at radius 1 is 1.48 bits per heavy atom. The van der Waals surface area contributed by atoms with Crippen LogP contribution in [0.2, 0.25) is 0 Å². The molecule has 0 saturated carbocycles. The van der Waals surface area contributed by atoms with Crippen LogP contribution < -0.4 is 11.4 Å². The molecule has 1 aliphatic rings. The average molecular weight is 327 g/mol. The van der Waals surface area contributed by atoms with Gasteiger partial charge in [-0.05, 0) is 6.07 Å². The Morgan fingerprint density at radius 3 is 2.52 bits per heavy atom. The van der Waals surface area contributed by atoms with Gasteiger partial charge in [-0.15, -0.1) is 0 Å². The highest BCUT2D eigenvalue weighted by atomic mass is 16.6. The third-order valence-electron chi connectivity index (χ3n) is 3.81. The topological polar surface area (TPSA) is 148 Å². The Balaban J connectivity index is 2.72. The van der Waals surface area contributed by atoms with Crippen molar-refractivity contribution in [2.45, 2.75) is 44.8 Å². The first-order valence-corrected chi connectivity index (χ1v) is 7.11. The van der Waals surface area contributed by atoms with Crippen molar-refractivity contribution in [2.75, 3.05) is 12.3 Å². The maximum atomic E-state index is 12.9. The molecule has 0 aliphatic carbocycles. The highest BCUT2D eigenvalue weighted by Gasteiger charge is 2.62. The molecule has 1 aromatic heterocycles. The van der Waals surface area contributed by atoms with Gasteiger partial charge < -0.3 is 25.8 Å². The van der Waals surface area contributed by atoms with E-state index in [-0.39, 0.29) is 5.82 Å². The molecule has 128 valence electrons. The van der Waals surface area contributed by atoms with E-state index in [1.807, 2.05) is 0 Å². The second-order valence-electron chi connectivity index (χ2n) is 6.55. The number of nitrogens with zero attached hydrogens (tertiary/aromatic N) is 2.